The summed E-state index contributed by atoms with van der Waals surface area (Å²) in [5.74, 6) is 0.962. The molecule has 1 aliphatic carbocycles. The van der Waals surface area contributed by atoms with Crippen molar-refractivity contribution >= 4 is 24.2 Å². The van der Waals surface area contributed by atoms with Crippen molar-refractivity contribution in [2.75, 3.05) is 11.9 Å². The number of rotatable bonds is 4. The van der Waals surface area contributed by atoms with Crippen molar-refractivity contribution < 1.29 is 18.8 Å². The lowest BCUT2D eigenvalue weighted by Gasteiger charge is -2.32. The molecule has 162 valence electrons. The van der Waals surface area contributed by atoms with E-state index in [1.54, 1.807) is 0 Å². The molecule has 0 radical (unpaired) electrons. The van der Waals surface area contributed by atoms with Crippen LogP contribution in [0.2, 0.25) is 0 Å². The van der Waals surface area contributed by atoms with Crippen molar-refractivity contribution in [3.63, 3.8) is 0 Å². The highest BCUT2D eigenvalue weighted by molar-refractivity contribution is 6.62. The minimum atomic E-state index is -0.462. The highest BCUT2D eigenvalue weighted by Gasteiger charge is 2.53. The Kier molecular flexibility index (Phi) is 4.55. The summed E-state index contributed by atoms with van der Waals surface area (Å²) in [5.41, 5.74) is 3.80. The topological polar surface area (TPSA) is 56.8 Å². The van der Waals surface area contributed by atoms with Crippen molar-refractivity contribution in [1.29, 1.82) is 0 Å². The summed E-state index contributed by atoms with van der Waals surface area (Å²) in [6, 6.07) is 12.2. The van der Waals surface area contributed by atoms with Gasteiger partial charge in [-0.2, -0.15) is 0 Å². The summed E-state index contributed by atoms with van der Waals surface area (Å²) in [4.78, 5) is 13.3. The minimum absolute atomic E-state index is 0.0363. The molecule has 0 atom stereocenters. The van der Waals surface area contributed by atoms with E-state index in [4.69, 9.17) is 14.0 Å². The first-order chi connectivity index (χ1) is 14.6. The maximum Gasteiger partial charge on any atom is 0.495 e. The molecule has 3 aliphatic rings. The first-order valence-electron chi connectivity index (χ1n) is 11.2. The van der Waals surface area contributed by atoms with Crippen molar-refractivity contribution in [2.45, 2.75) is 70.5 Å². The van der Waals surface area contributed by atoms with Crippen LogP contribution in [-0.2, 0) is 25.9 Å². The number of benzene rings is 2. The third-order valence-electron chi connectivity index (χ3n) is 7.48. The molecule has 2 aromatic carbocycles. The smallest absolute Gasteiger partial charge is 0.493 e. The van der Waals surface area contributed by atoms with E-state index in [0.717, 1.165) is 53.9 Å². The molecule has 5 rings (SSSR count). The number of amides is 1. The van der Waals surface area contributed by atoms with E-state index in [0.29, 0.717) is 0 Å². The quantitative estimate of drug-likeness (QED) is 0.764. The van der Waals surface area contributed by atoms with Crippen LogP contribution < -0.4 is 15.5 Å². The van der Waals surface area contributed by atoms with Gasteiger partial charge < -0.3 is 19.4 Å². The van der Waals surface area contributed by atoms with Crippen LogP contribution in [0.25, 0.3) is 0 Å². The molecule has 1 saturated carbocycles. The van der Waals surface area contributed by atoms with Gasteiger partial charge in [0.15, 0.2) is 0 Å². The molecule has 6 heteroatoms. The third-order valence-corrected chi connectivity index (χ3v) is 7.48. The number of carbonyl (C=O) groups is 1. The fourth-order valence-corrected chi connectivity index (χ4v) is 4.43. The lowest BCUT2D eigenvalue weighted by molar-refractivity contribution is -0.118. The van der Waals surface area contributed by atoms with E-state index in [2.05, 4.69) is 23.5 Å². The molecule has 1 amide bonds. The van der Waals surface area contributed by atoms with Gasteiger partial charge in [-0.15, -0.1) is 0 Å². The van der Waals surface area contributed by atoms with Gasteiger partial charge in [0.1, 0.15) is 5.75 Å². The minimum Gasteiger partial charge on any atom is -0.493 e. The number of carbonyl (C=O) groups excluding carboxylic acids is 1. The van der Waals surface area contributed by atoms with Gasteiger partial charge >= 0.3 is 7.12 Å². The Balaban J connectivity index is 1.37. The predicted octanol–water partition coefficient (Wildman–Crippen LogP) is 3.90. The molecule has 2 aliphatic heterocycles. The summed E-state index contributed by atoms with van der Waals surface area (Å²) in [6.07, 6.45) is 2.65. The Morgan fingerprint density at radius 1 is 1.00 bits per heavy atom. The number of fused-ring (bicyclic) bond motifs is 1. The van der Waals surface area contributed by atoms with E-state index in [-0.39, 0.29) is 5.91 Å². The SMILES string of the molecule is Cc1ccc(NC(=O)C2(c3ccc4c(c3)OCC4)CC2)cc1B1OC(C)(C)C(C)(C)O1. The molecule has 1 saturated heterocycles. The zero-order valence-electron chi connectivity index (χ0n) is 19.0. The van der Waals surface area contributed by atoms with E-state index in [1.807, 2.05) is 52.8 Å². The fourth-order valence-electron chi connectivity index (χ4n) is 4.43. The van der Waals surface area contributed by atoms with Gasteiger partial charge in [-0.1, -0.05) is 23.8 Å². The molecule has 5 nitrogen and oxygen atoms in total. The Bertz CT molecular complexity index is 1040. The van der Waals surface area contributed by atoms with Crippen molar-refractivity contribution in [1.82, 2.24) is 0 Å². The molecule has 31 heavy (non-hydrogen) atoms. The molecule has 0 unspecified atom stereocenters. The molecule has 2 aromatic rings. The van der Waals surface area contributed by atoms with Crippen molar-refractivity contribution in [3.8, 4) is 5.75 Å². The lowest BCUT2D eigenvalue weighted by atomic mass is 9.76. The number of aryl methyl sites for hydroxylation is 1. The monoisotopic (exact) mass is 419 g/mol. The second-order valence-electron chi connectivity index (χ2n) is 10.1. The number of anilines is 1. The Labute approximate surface area is 184 Å². The summed E-state index contributed by atoms with van der Waals surface area (Å²) < 4.78 is 18.2. The molecule has 0 bridgehead atoms. The van der Waals surface area contributed by atoms with Crippen LogP contribution in [-0.4, -0.2) is 30.8 Å². The Hall–Kier alpha value is -2.31. The molecular weight excluding hydrogens is 389 g/mol. The van der Waals surface area contributed by atoms with Crippen LogP contribution in [0.4, 0.5) is 5.69 Å². The lowest BCUT2D eigenvalue weighted by Crippen LogP contribution is -2.41. The summed E-state index contributed by atoms with van der Waals surface area (Å²) in [6.45, 7) is 11.0. The van der Waals surface area contributed by atoms with Gasteiger partial charge in [0.2, 0.25) is 5.91 Å². The zero-order chi connectivity index (χ0) is 22.0. The number of hydrogen-bond acceptors (Lipinski definition) is 4. The molecule has 0 aromatic heterocycles. The van der Waals surface area contributed by atoms with E-state index in [9.17, 15) is 4.79 Å². The predicted molar refractivity (Wildman–Crippen MR) is 122 cm³/mol. The second kappa shape index (κ2) is 6.85. The van der Waals surface area contributed by atoms with Gasteiger partial charge in [-0.05, 0) is 82.2 Å². The molecular formula is C25H30BNO4. The molecule has 0 spiro atoms. The first kappa shape index (κ1) is 20.6. The summed E-state index contributed by atoms with van der Waals surface area (Å²) >= 11 is 0. The van der Waals surface area contributed by atoms with E-state index >= 15 is 0 Å². The number of hydrogen-bond donors (Lipinski definition) is 1. The first-order valence-corrected chi connectivity index (χ1v) is 11.2. The molecule has 2 fully saturated rings. The van der Waals surface area contributed by atoms with Crippen LogP contribution in [0.1, 0.15) is 57.2 Å². The maximum absolute atomic E-state index is 13.3. The average Bonchev–Trinajstić information content (AvgIpc) is 3.33. The zero-order valence-corrected chi connectivity index (χ0v) is 19.0. The van der Waals surface area contributed by atoms with Gasteiger partial charge in [-0.25, -0.2) is 0 Å². The van der Waals surface area contributed by atoms with Gasteiger partial charge in [-0.3, -0.25) is 4.79 Å². The largest absolute Gasteiger partial charge is 0.495 e. The fraction of sp³-hybridized carbons (Fsp3) is 0.480. The van der Waals surface area contributed by atoms with Crippen molar-refractivity contribution in [2.24, 2.45) is 0 Å². The van der Waals surface area contributed by atoms with Gasteiger partial charge in [0, 0.05) is 12.1 Å². The Morgan fingerprint density at radius 3 is 2.39 bits per heavy atom. The van der Waals surface area contributed by atoms with E-state index < -0.39 is 23.7 Å². The normalized spacial score (nSPS) is 22.0. The van der Waals surface area contributed by atoms with E-state index in [1.165, 1.54) is 5.56 Å². The average molecular weight is 419 g/mol. The van der Waals surface area contributed by atoms with Crippen LogP contribution in [0.15, 0.2) is 36.4 Å². The summed E-state index contributed by atoms with van der Waals surface area (Å²) in [7, 11) is -0.453. The highest BCUT2D eigenvalue weighted by Crippen LogP contribution is 2.50. The van der Waals surface area contributed by atoms with Crippen LogP contribution in [0.3, 0.4) is 0 Å². The third kappa shape index (κ3) is 3.37. The van der Waals surface area contributed by atoms with Crippen LogP contribution in [0.5, 0.6) is 5.75 Å². The highest BCUT2D eigenvalue weighted by atomic mass is 16.7. The maximum atomic E-state index is 13.3. The van der Waals surface area contributed by atoms with Crippen LogP contribution in [0, 0.1) is 6.92 Å². The van der Waals surface area contributed by atoms with Crippen LogP contribution >= 0.6 is 0 Å². The van der Waals surface area contributed by atoms with Crippen molar-refractivity contribution in [3.05, 3.63) is 53.1 Å². The number of nitrogens with one attached hydrogen (secondary N) is 1. The molecule has 2 heterocycles. The number of ether oxygens (including phenoxy) is 1. The standard InChI is InChI=1S/C25H30BNO4/c1-16-6-9-19(15-20(16)26-30-23(2,3)24(4,5)31-26)27-22(28)25(11-12-25)18-8-7-17-10-13-29-21(17)14-18/h6-9,14-15H,10-13H2,1-5H3,(H,27,28). The summed E-state index contributed by atoms with van der Waals surface area (Å²) in [5, 5.41) is 3.15. The van der Waals surface area contributed by atoms with Gasteiger partial charge in [0.25, 0.3) is 0 Å². The Morgan fingerprint density at radius 2 is 1.71 bits per heavy atom. The van der Waals surface area contributed by atoms with Gasteiger partial charge in [0.05, 0.1) is 23.2 Å². The molecule has 1 N–H and O–H groups in total. The second-order valence-corrected chi connectivity index (χ2v) is 10.1.